The van der Waals surface area contributed by atoms with Crippen molar-refractivity contribution in [1.82, 2.24) is 4.72 Å². The highest BCUT2D eigenvalue weighted by molar-refractivity contribution is 7.91. The standard InChI is InChI=1S/C24H21ClF2N2O5S2/c1-35(31,32)23-7-3-2-5-17(23)15-8-11-22(20(27)13-15)29-12-4-6-21(24(29)30)28-36(33,34)16-9-10-19(26)18(25)14-16/h2-3,5,7-11,13-14,21,28H,4,6,12H2,1H3. The maximum atomic E-state index is 15.2. The Balaban J connectivity index is 1.61. The van der Waals surface area contributed by atoms with Crippen LogP contribution in [-0.4, -0.2) is 41.6 Å². The molecule has 36 heavy (non-hydrogen) atoms. The number of sulfonamides is 1. The van der Waals surface area contributed by atoms with E-state index in [-0.39, 0.29) is 33.5 Å². The van der Waals surface area contributed by atoms with Crippen molar-refractivity contribution in [3.8, 4) is 11.1 Å². The molecule has 1 N–H and O–H groups in total. The van der Waals surface area contributed by atoms with Gasteiger partial charge in [0.05, 0.1) is 20.5 Å². The van der Waals surface area contributed by atoms with E-state index in [1.54, 1.807) is 18.2 Å². The number of piperidine rings is 1. The number of anilines is 1. The summed E-state index contributed by atoms with van der Waals surface area (Å²) in [5.74, 6) is -2.20. The van der Waals surface area contributed by atoms with E-state index in [4.69, 9.17) is 11.6 Å². The van der Waals surface area contributed by atoms with Gasteiger partial charge in [-0.2, -0.15) is 4.72 Å². The zero-order valence-corrected chi connectivity index (χ0v) is 21.3. The van der Waals surface area contributed by atoms with Crippen molar-refractivity contribution in [3.05, 3.63) is 77.3 Å². The number of benzene rings is 3. The van der Waals surface area contributed by atoms with Crippen LogP contribution in [-0.2, 0) is 24.7 Å². The van der Waals surface area contributed by atoms with E-state index in [1.165, 1.54) is 18.2 Å². The van der Waals surface area contributed by atoms with Gasteiger partial charge in [-0.3, -0.25) is 4.79 Å². The molecule has 4 rings (SSSR count). The van der Waals surface area contributed by atoms with Gasteiger partial charge in [0.1, 0.15) is 17.7 Å². The van der Waals surface area contributed by atoms with Crippen molar-refractivity contribution in [2.75, 3.05) is 17.7 Å². The van der Waals surface area contributed by atoms with Crippen LogP contribution in [0.15, 0.2) is 70.5 Å². The fourth-order valence-electron chi connectivity index (χ4n) is 4.04. The van der Waals surface area contributed by atoms with Gasteiger partial charge in [-0.15, -0.1) is 0 Å². The summed E-state index contributed by atoms with van der Waals surface area (Å²) in [6.07, 6.45) is 1.64. The number of hydrogen-bond donors (Lipinski definition) is 1. The van der Waals surface area contributed by atoms with E-state index in [1.807, 2.05) is 0 Å². The maximum Gasteiger partial charge on any atom is 0.245 e. The summed E-state index contributed by atoms with van der Waals surface area (Å²) >= 11 is 5.69. The highest BCUT2D eigenvalue weighted by atomic mass is 35.5. The van der Waals surface area contributed by atoms with Gasteiger partial charge in [0.15, 0.2) is 9.84 Å². The molecule has 190 valence electrons. The molecule has 3 aromatic rings. The Morgan fingerprint density at radius 1 is 0.972 bits per heavy atom. The van der Waals surface area contributed by atoms with Crippen molar-refractivity contribution >= 4 is 43.1 Å². The summed E-state index contributed by atoms with van der Waals surface area (Å²) in [6.45, 7) is 0.162. The van der Waals surface area contributed by atoms with Crippen LogP contribution in [0.3, 0.4) is 0 Å². The monoisotopic (exact) mass is 554 g/mol. The van der Waals surface area contributed by atoms with E-state index >= 15 is 4.39 Å². The van der Waals surface area contributed by atoms with Gasteiger partial charge in [-0.25, -0.2) is 25.6 Å². The molecule has 1 unspecified atom stereocenters. The second-order valence-corrected chi connectivity index (χ2v) is 12.4. The molecule has 3 aromatic carbocycles. The molecule has 1 amide bonds. The lowest BCUT2D eigenvalue weighted by atomic mass is 10.0. The first-order chi connectivity index (χ1) is 16.9. The Morgan fingerprint density at radius 3 is 2.36 bits per heavy atom. The first-order valence-corrected chi connectivity index (χ1v) is 14.5. The lowest BCUT2D eigenvalue weighted by Crippen LogP contribution is -2.52. The molecule has 0 aromatic heterocycles. The first-order valence-electron chi connectivity index (χ1n) is 10.8. The fourth-order valence-corrected chi connectivity index (χ4v) is 6.45. The average Bonchev–Trinajstić information content (AvgIpc) is 2.82. The van der Waals surface area contributed by atoms with E-state index in [9.17, 15) is 26.0 Å². The Hall–Kier alpha value is -2.86. The molecule has 1 atom stereocenters. The summed E-state index contributed by atoms with van der Waals surface area (Å²) < 4.78 is 80.7. The van der Waals surface area contributed by atoms with Crippen molar-refractivity contribution in [2.24, 2.45) is 0 Å². The summed E-state index contributed by atoms with van der Waals surface area (Å²) in [5, 5.41) is -0.380. The number of carbonyl (C=O) groups excluding carboxylic acids is 1. The molecule has 0 aliphatic carbocycles. The third-order valence-corrected chi connectivity index (χ3v) is 8.69. The van der Waals surface area contributed by atoms with E-state index in [2.05, 4.69) is 4.72 Å². The average molecular weight is 555 g/mol. The largest absolute Gasteiger partial charge is 0.308 e. The van der Waals surface area contributed by atoms with Crippen LogP contribution >= 0.6 is 11.6 Å². The molecule has 7 nitrogen and oxygen atoms in total. The summed E-state index contributed by atoms with van der Waals surface area (Å²) in [5.41, 5.74) is 0.570. The van der Waals surface area contributed by atoms with Gasteiger partial charge in [0.2, 0.25) is 15.9 Å². The van der Waals surface area contributed by atoms with Crippen LogP contribution in [0.1, 0.15) is 12.8 Å². The van der Waals surface area contributed by atoms with Gasteiger partial charge < -0.3 is 4.90 Å². The predicted molar refractivity (Wildman–Crippen MR) is 132 cm³/mol. The third kappa shape index (κ3) is 5.29. The van der Waals surface area contributed by atoms with Crippen LogP contribution in [0.25, 0.3) is 11.1 Å². The van der Waals surface area contributed by atoms with Crippen LogP contribution in [0.2, 0.25) is 5.02 Å². The van der Waals surface area contributed by atoms with E-state index in [0.29, 0.717) is 17.5 Å². The molecule has 1 aliphatic rings. The highest BCUT2D eigenvalue weighted by Crippen LogP contribution is 2.32. The fraction of sp³-hybridized carbons (Fsp3) is 0.208. The predicted octanol–water partition coefficient (Wildman–Crippen LogP) is 4.16. The second kappa shape index (κ2) is 9.89. The number of nitrogens with one attached hydrogen (secondary N) is 1. The van der Waals surface area contributed by atoms with Gasteiger partial charge >= 0.3 is 0 Å². The number of amides is 1. The van der Waals surface area contributed by atoms with Gasteiger partial charge in [0, 0.05) is 18.4 Å². The number of hydrogen-bond acceptors (Lipinski definition) is 5. The zero-order chi connectivity index (χ0) is 26.3. The highest BCUT2D eigenvalue weighted by Gasteiger charge is 2.34. The quantitative estimate of drug-likeness (QED) is 0.493. The summed E-state index contributed by atoms with van der Waals surface area (Å²) in [4.78, 5) is 14.0. The summed E-state index contributed by atoms with van der Waals surface area (Å²) in [7, 11) is -7.78. The van der Waals surface area contributed by atoms with Crippen molar-refractivity contribution in [2.45, 2.75) is 28.7 Å². The molecule has 0 radical (unpaired) electrons. The molecule has 1 saturated heterocycles. The number of rotatable bonds is 6. The minimum atomic E-state index is -4.21. The molecule has 1 aliphatic heterocycles. The molecule has 1 heterocycles. The Kier molecular flexibility index (Phi) is 7.20. The molecule has 0 spiro atoms. The van der Waals surface area contributed by atoms with Gasteiger partial charge in [0.25, 0.3) is 0 Å². The molecular formula is C24H21ClF2N2O5S2. The van der Waals surface area contributed by atoms with Gasteiger partial charge in [-0.1, -0.05) is 35.9 Å². The van der Waals surface area contributed by atoms with Crippen molar-refractivity contribution in [1.29, 1.82) is 0 Å². The lowest BCUT2D eigenvalue weighted by molar-refractivity contribution is -0.121. The number of nitrogens with zero attached hydrogens (tertiary/aromatic N) is 1. The molecule has 0 bridgehead atoms. The molecule has 1 fully saturated rings. The van der Waals surface area contributed by atoms with Crippen molar-refractivity contribution < 1.29 is 30.4 Å². The van der Waals surface area contributed by atoms with Crippen LogP contribution in [0.4, 0.5) is 14.5 Å². The third-order valence-electron chi connectivity index (χ3n) is 5.77. The molecule has 0 saturated carbocycles. The van der Waals surface area contributed by atoms with Crippen LogP contribution in [0, 0.1) is 11.6 Å². The van der Waals surface area contributed by atoms with E-state index < -0.39 is 43.4 Å². The normalized spacial score (nSPS) is 16.8. The number of halogens is 3. The lowest BCUT2D eigenvalue weighted by Gasteiger charge is -2.32. The SMILES string of the molecule is CS(=O)(=O)c1ccccc1-c1ccc(N2CCCC(NS(=O)(=O)c3ccc(F)c(Cl)c3)C2=O)c(F)c1. The Labute approximate surface area is 212 Å². The second-order valence-electron chi connectivity index (χ2n) is 8.32. The minimum absolute atomic E-state index is 0.0431. The first kappa shape index (κ1) is 26.2. The topological polar surface area (TPSA) is 101 Å². The smallest absolute Gasteiger partial charge is 0.245 e. The van der Waals surface area contributed by atoms with Crippen LogP contribution in [0.5, 0.6) is 0 Å². The Morgan fingerprint density at radius 2 is 1.69 bits per heavy atom. The van der Waals surface area contributed by atoms with Crippen LogP contribution < -0.4 is 9.62 Å². The summed E-state index contributed by atoms with van der Waals surface area (Å²) in [6, 6.07) is 11.9. The number of sulfone groups is 1. The van der Waals surface area contributed by atoms with Gasteiger partial charge in [-0.05, 0) is 54.8 Å². The van der Waals surface area contributed by atoms with E-state index in [0.717, 1.165) is 35.4 Å². The zero-order valence-electron chi connectivity index (χ0n) is 18.9. The maximum absolute atomic E-state index is 15.2. The molecular weight excluding hydrogens is 534 g/mol. The Bertz CT molecular complexity index is 1560. The minimum Gasteiger partial charge on any atom is -0.308 e. The molecule has 12 heteroatoms. The number of carbonyl (C=O) groups is 1. The van der Waals surface area contributed by atoms with Crippen molar-refractivity contribution in [3.63, 3.8) is 0 Å².